The largest absolute Gasteiger partial charge is 0.381 e. The lowest BCUT2D eigenvalue weighted by atomic mass is 10.0. The third-order valence-corrected chi connectivity index (χ3v) is 4.61. The van der Waals surface area contributed by atoms with E-state index in [1.807, 2.05) is 12.3 Å². The van der Waals surface area contributed by atoms with Gasteiger partial charge in [-0.25, -0.2) is 9.97 Å². The van der Waals surface area contributed by atoms with Crippen LogP contribution >= 0.6 is 0 Å². The van der Waals surface area contributed by atoms with Crippen molar-refractivity contribution in [3.05, 3.63) is 42.9 Å². The summed E-state index contributed by atoms with van der Waals surface area (Å²) in [6, 6.07) is 10.4. The first-order valence-electron chi connectivity index (χ1n) is 8.02. The molecule has 5 heteroatoms. The van der Waals surface area contributed by atoms with E-state index in [0.717, 1.165) is 48.3 Å². The van der Waals surface area contributed by atoms with Gasteiger partial charge in [-0.05, 0) is 18.4 Å². The van der Waals surface area contributed by atoms with Crippen LogP contribution in [0.2, 0.25) is 0 Å². The highest BCUT2D eigenvalue weighted by atomic mass is 16.5. The molecule has 1 fully saturated rings. The Morgan fingerprint density at radius 2 is 1.91 bits per heavy atom. The van der Waals surface area contributed by atoms with Gasteiger partial charge in [0.05, 0.1) is 11.5 Å². The maximum atomic E-state index is 5.48. The molecular weight excluding hydrogens is 288 g/mol. The van der Waals surface area contributed by atoms with Gasteiger partial charge in [-0.15, -0.1) is 0 Å². The topological polar surface area (TPSA) is 54.0 Å². The quantitative estimate of drug-likeness (QED) is 0.807. The number of fused-ring (bicyclic) bond motifs is 1. The Balaban J connectivity index is 1.77. The van der Waals surface area contributed by atoms with Crippen molar-refractivity contribution in [2.45, 2.75) is 18.9 Å². The van der Waals surface area contributed by atoms with Crippen molar-refractivity contribution in [1.29, 1.82) is 0 Å². The molecule has 118 valence electrons. The van der Waals surface area contributed by atoms with E-state index in [0.29, 0.717) is 6.10 Å². The van der Waals surface area contributed by atoms with Gasteiger partial charge in [0.1, 0.15) is 17.8 Å². The van der Waals surface area contributed by atoms with Crippen molar-refractivity contribution in [3.8, 4) is 11.1 Å². The van der Waals surface area contributed by atoms with Gasteiger partial charge >= 0.3 is 0 Å². The van der Waals surface area contributed by atoms with Crippen LogP contribution in [0.5, 0.6) is 0 Å². The number of rotatable bonds is 3. The molecule has 1 aliphatic heterocycles. The summed E-state index contributed by atoms with van der Waals surface area (Å²) in [5, 5.41) is 1.11. The highest BCUT2D eigenvalue weighted by molar-refractivity contribution is 6.01. The molecule has 1 saturated heterocycles. The van der Waals surface area contributed by atoms with E-state index in [2.05, 4.69) is 44.1 Å². The molecule has 0 amide bonds. The van der Waals surface area contributed by atoms with E-state index in [4.69, 9.17) is 4.74 Å². The molecule has 4 rings (SSSR count). The molecule has 1 aromatic carbocycles. The molecule has 0 unspecified atom stereocenters. The van der Waals surface area contributed by atoms with Crippen molar-refractivity contribution in [2.24, 2.45) is 0 Å². The fraction of sp³-hybridized carbons (Fsp3) is 0.333. The van der Waals surface area contributed by atoms with Gasteiger partial charge < -0.3 is 14.6 Å². The second-order valence-corrected chi connectivity index (χ2v) is 5.91. The Morgan fingerprint density at radius 3 is 2.65 bits per heavy atom. The zero-order valence-electron chi connectivity index (χ0n) is 13.2. The highest BCUT2D eigenvalue weighted by Crippen LogP contribution is 2.34. The molecule has 1 N–H and O–H groups in total. The minimum Gasteiger partial charge on any atom is -0.381 e. The predicted molar refractivity (Wildman–Crippen MR) is 91.6 cm³/mol. The number of aromatic amines is 1. The number of nitrogens with one attached hydrogen (secondary N) is 1. The van der Waals surface area contributed by atoms with E-state index >= 15 is 0 Å². The fourth-order valence-corrected chi connectivity index (χ4v) is 3.33. The molecule has 0 bridgehead atoms. The van der Waals surface area contributed by atoms with Crippen LogP contribution < -0.4 is 4.90 Å². The molecule has 0 saturated carbocycles. The number of hydrogen-bond donors (Lipinski definition) is 1. The van der Waals surface area contributed by atoms with Crippen LogP contribution in [-0.4, -0.2) is 41.3 Å². The monoisotopic (exact) mass is 308 g/mol. The maximum Gasteiger partial charge on any atom is 0.143 e. The van der Waals surface area contributed by atoms with Crippen LogP contribution in [0.25, 0.3) is 22.2 Å². The van der Waals surface area contributed by atoms with E-state index in [9.17, 15) is 0 Å². The molecular formula is C18H20N4O. The standard InChI is InChI=1S/C18H20N4O/c1-23-14-7-9-22(10-8-14)18-16-15(13-5-3-2-4-6-13)11-19-17(16)20-12-21-18/h2-6,11-12,14H,7-10H2,1H3,(H,19,20,21). The Labute approximate surface area is 135 Å². The van der Waals surface area contributed by atoms with Crippen LogP contribution in [0.4, 0.5) is 5.82 Å². The first kappa shape index (κ1) is 14.2. The number of nitrogens with zero attached hydrogens (tertiary/aromatic N) is 3. The van der Waals surface area contributed by atoms with Crippen LogP contribution in [0.15, 0.2) is 42.9 Å². The van der Waals surface area contributed by atoms with Gasteiger partial charge in [-0.3, -0.25) is 0 Å². The summed E-state index contributed by atoms with van der Waals surface area (Å²) in [6.45, 7) is 1.92. The number of hydrogen-bond acceptors (Lipinski definition) is 4. The summed E-state index contributed by atoms with van der Waals surface area (Å²) >= 11 is 0. The lowest BCUT2D eigenvalue weighted by molar-refractivity contribution is 0.0818. The second kappa shape index (κ2) is 6.01. The van der Waals surface area contributed by atoms with Crippen LogP contribution in [0.3, 0.4) is 0 Å². The number of aromatic nitrogens is 3. The summed E-state index contributed by atoms with van der Waals surface area (Å²) in [6.07, 6.45) is 6.11. The zero-order chi connectivity index (χ0) is 15.6. The first-order valence-corrected chi connectivity index (χ1v) is 8.02. The van der Waals surface area contributed by atoms with Gasteiger partial charge in [0.2, 0.25) is 0 Å². The van der Waals surface area contributed by atoms with Crippen LogP contribution in [-0.2, 0) is 4.74 Å². The summed E-state index contributed by atoms with van der Waals surface area (Å²) in [7, 11) is 1.79. The summed E-state index contributed by atoms with van der Waals surface area (Å²) < 4.78 is 5.48. The molecule has 5 nitrogen and oxygen atoms in total. The minimum atomic E-state index is 0.364. The van der Waals surface area contributed by atoms with Crippen LogP contribution in [0.1, 0.15) is 12.8 Å². The zero-order valence-corrected chi connectivity index (χ0v) is 13.2. The average molecular weight is 308 g/mol. The number of piperidine rings is 1. The molecule has 2 aromatic heterocycles. The molecule has 0 atom stereocenters. The number of H-pyrrole nitrogens is 1. The number of ether oxygens (including phenoxy) is 1. The lowest BCUT2D eigenvalue weighted by Crippen LogP contribution is -2.37. The number of benzene rings is 1. The van der Waals surface area contributed by atoms with E-state index in [-0.39, 0.29) is 0 Å². The fourth-order valence-electron chi connectivity index (χ4n) is 3.33. The second-order valence-electron chi connectivity index (χ2n) is 5.91. The highest BCUT2D eigenvalue weighted by Gasteiger charge is 2.23. The molecule has 1 aliphatic rings. The molecule has 23 heavy (non-hydrogen) atoms. The van der Waals surface area contributed by atoms with Crippen molar-refractivity contribution in [1.82, 2.24) is 15.0 Å². The van der Waals surface area contributed by atoms with Crippen molar-refractivity contribution in [2.75, 3.05) is 25.1 Å². The van der Waals surface area contributed by atoms with Crippen molar-refractivity contribution < 1.29 is 4.74 Å². The van der Waals surface area contributed by atoms with Gasteiger partial charge in [-0.2, -0.15) is 0 Å². The Hall–Kier alpha value is -2.40. The Morgan fingerprint density at radius 1 is 1.13 bits per heavy atom. The normalized spacial score (nSPS) is 16.1. The number of anilines is 1. The summed E-state index contributed by atoms with van der Waals surface area (Å²) in [5.74, 6) is 1.02. The maximum absolute atomic E-state index is 5.48. The molecule has 3 heterocycles. The van der Waals surface area contributed by atoms with Gasteiger partial charge in [-0.1, -0.05) is 30.3 Å². The lowest BCUT2D eigenvalue weighted by Gasteiger charge is -2.32. The molecule has 3 aromatic rings. The van der Waals surface area contributed by atoms with Crippen LogP contribution in [0, 0.1) is 0 Å². The van der Waals surface area contributed by atoms with E-state index < -0.39 is 0 Å². The predicted octanol–water partition coefficient (Wildman–Crippen LogP) is 3.24. The van der Waals surface area contributed by atoms with Gasteiger partial charge in [0, 0.05) is 32.0 Å². The van der Waals surface area contributed by atoms with E-state index in [1.165, 1.54) is 5.56 Å². The smallest absolute Gasteiger partial charge is 0.143 e. The third-order valence-electron chi connectivity index (χ3n) is 4.61. The van der Waals surface area contributed by atoms with E-state index in [1.54, 1.807) is 13.4 Å². The summed E-state index contributed by atoms with van der Waals surface area (Å²) in [5.41, 5.74) is 3.23. The molecule has 0 aliphatic carbocycles. The summed E-state index contributed by atoms with van der Waals surface area (Å²) in [4.78, 5) is 14.6. The number of methoxy groups -OCH3 is 1. The first-order chi connectivity index (χ1) is 11.4. The minimum absolute atomic E-state index is 0.364. The van der Waals surface area contributed by atoms with Gasteiger partial charge in [0.25, 0.3) is 0 Å². The molecule has 0 radical (unpaired) electrons. The average Bonchev–Trinajstić information content (AvgIpc) is 3.07. The van der Waals surface area contributed by atoms with Crippen molar-refractivity contribution in [3.63, 3.8) is 0 Å². The Kier molecular flexibility index (Phi) is 3.71. The SMILES string of the molecule is COC1CCN(c2ncnc3[nH]cc(-c4ccccc4)c23)CC1. The third kappa shape index (κ3) is 2.57. The molecule has 0 spiro atoms. The van der Waals surface area contributed by atoms with Gasteiger partial charge in [0.15, 0.2) is 0 Å². The van der Waals surface area contributed by atoms with Crippen molar-refractivity contribution >= 4 is 16.9 Å². The Bertz CT molecular complexity index is 791.